The first kappa shape index (κ1) is 28.9. The Morgan fingerprint density at radius 2 is 1.94 bits per heavy atom. The maximum Gasteiger partial charge on any atom is 0.303 e. The van der Waals surface area contributed by atoms with Crippen LogP contribution in [0.5, 0.6) is 5.75 Å². The van der Waals surface area contributed by atoms with Crippen LogP contribution in [-0.4, -0.2) is 50.1 Å². The summed E-state index contributed by atoms with van der Waals surface area (Å²) in [4.78, 5) is 8.68. The molecule has 0 saturated carbocycles. The molecule has 2 aromatic rings. The lowest BCUT2D eigenvalue weighted by Gasteiger charge is -2.30. The lowest BCUT2D eigenvalue weighted by atomic mass is 9.92. The summed E-state index contributed by atoms with van der Waals surface area (Å²) in [6, 6.07) is 7.17. The van der Waals surface area contributed by atoms with Crippen molar-refractivity contribution in [1.29, 1.82) is 0 Å². The van der Waals surface area contributed by atoms with Gasteiger partial charge in [0.05, 0.1) is 23.4 Å². The minimum absolute atomic E-state index is 0.0110. The first-order valence-electron chi connectivity index (χ1n) is 11.3. The molecule has 0 bridgehead atoms. The Balaban J connectivity index is 2.46. The highest BCUT2D eigenvalue weighted by Crippen LogP contribution is 2.40. The number of hydrogen-bond donors (Lipinski definition) is 2. The van der Waals surface area contributed by atoms with E-state index in [-0.39, 0.29) is 12.1 Å². The molecule has 0 amide bonds. The van der Waals surface area contributed by atoms with Gasteiger partial charge in [-0.15, -0.1) is 5.92 Å². The molecule has 0 radical (unpaired) electrons. The fourth-order valence-electron chi connectivity index (χ4n) is 3.35. The maximum absolute atomic E-state index is 15.1. The molecule has 194 valence electrons. The van der Waals surface area contributed by atoms with Gasteiger partial charge in [0.1, 0.15) is 29.6 Å². The van der Waals surface area contributed by atoms with Crippen molar-refractivity contribution in [2.24, 2.45) is 9.98 Å². The van der Waals surface area contributed by atoms with Crippen LogP contribution in [0, 0.1) is 17.7 Å². The van der Waals surface area contributed by atoms with Crippen LogP contribution in [0.1, 0.15) is 49.9 Å². The van der Waals surface area contributed by atoms with Gasteiger partial charge in [-0.1, -0.05) is 18.1 Å². The normalized spacial score (nSPS) is 12.4. The molecule has 0 spiro atoms. The van der Waals surface area contributed by atoms with Gasteiger partial charge in [-0.05, 0) is 45.9 Å². The van der Waals surface area contributed by atoms with E-state index in [1.807, 2.05) is 0 Å². The molecule has 2 N–H and O–H groups in total. The van der Waals surface area contributed by atoms with Gasteiger partial charge in [0, 0.05) is 38.0 Å². The second-order valence-corrected chi connectivity index (χ2v) is 8.31. The van der Waals surface area contributed by atoms with Crippen molar-refractivity contribution < 1.29 is 27.8 Å². The monoisotopic (exact) mass is 503 g/mol. The molecule has 2 aromatic carbocycles. The van der Waals surface area contributed by atoms with Crippen molar-refractivity contribution >= 4 is 17.7 Å². The summed E-state index contributed by atoms with van der Waals surface area (Å²) in [5, 5.41) is 12.9. The summed E-state index contributed by atoms with van der Waals surface area (Å²) >= 11 is 0. The number of methoxy groups -OCH3 is 1. The Labute approximate surface area is 210 Å². The molecule has 36 heavy (non-hydrogen) atoms. The van der Waals surface area contributed by atoms with E-state index in [1.54, 1.807) is 46.4 Å². The number of hydrogen-bond acceptors (Lipinski definition) is 5. The van der Waals surface area contributed by atoms with Gasteiger partial charge >= 0.3 is 5.92 Å². The zero-order valence-corrected chi connectivity index (χ0v) is 21.4. The molecule has 0 aliphatic heterocycles. The minimum Gasteiger partial charge on any atom is -0.490 e. The van der Waals surface area contributed by atoms with Gasteiger partial charge in [0.25, 0.3) is 0 Å². The number of nitrogens with one attached hydrogen (secondary N) is 1. The smallest absolute Gasteiger partial charge is 0.303 e. The number of halogens is 3. The Morgan fingerprint density at radius 3 is 2.53 bits per heavy atom. The molecular formula is C27H32F3N3O3. The summed E-state index contributed by atoms with van der Waals surface area (Å²) in [5.41, 5.74) is -1.60. The second kappa shape index (κ2) is 12.6. The molecule has 0 unspecified atom stereocenters. The number of rotatable bonds is 10. The zero-order valence-electron chi connectivity index (χ0n) is 21.4. The van der Waals surface area contributed by atoms with Crippen molar-refractivity contribution in [3.05, 3.63) is 58.4 Å². The van der Waals surface area contributed by atoms with E-state index in [2.05, 4.69) is 27.1 Å². The summed E-state index contributed by atoms with van der Waals surface area (Å²) in [5.74, 6) is 1.79. The predicted molar refractivity (Wildman–Crippen MR) is 136 cm³/mol. The Morgan fingerprint density at radius 1 is 1.22 bits per heavy atom. The SMILES string of the molecule is CC#Cc1cc(N=CC)c(C(=NC)NCc2cccc(C(F)(F)C(C)(C)O)c2F)cc1OCCOC. The van der Waals surface area contributed by atoms with Gasteiger partial charge in [0.2, 0.25) is 0 Å². The quantitative estimate of drug-likeness (QED) is 0.208. The highest BCUT2D eigenvalue weighted by atomic mass is 19.3. The molecule has 0 heterocycles. The van der Waals surface area contributed by atoms with Crippen LogP contribution in [0.15, 0.2) is 40.3 Å². The van der Waals surface area contributed by atoms with Gasteiger partial charge in [0.15, 0.2) is 0 Å². The fourth-order valence-corrected chi connectivity index (χ4v) is 3.35. The van der Waals surface area contributed by atoms with Gasteiger partial charge in [-0.2, -0.15) is 8.78 Å². The van der Waals surface area contributed by atoms with Gasteiger partial charge in [-0.3, -0.25) is 9.98 Å². The van der Waals surface area contributed by atoms with E-state index in [1.165, 1.54) is 12.1 Å². The van der Waals surface area contributed by atoms with Crippen LogP contribution in [0.25, 0.3) is 0 Å². The first-order valence-corrected chi connectivity index (χ1v) is 11.3. The molecule has 0 aliphatic carbocycles. The van der Waals surface area contributed by atoms with E-state index in [4.69, 9.17) is 9.47 Å². The number of alkyl halides is 2. The van der Waals surface area contributed by atoms with Crippen molar-refractivity contribution in [3.63, 3.8) is 0 Å². The summed E-state index contributed by atoms with van der Waals surface area (Å²) in [6.45, 7) is 5.88. The van der Waals surface area contributed by atoms with Gasteiger partial charge in [-0.25, -0.2) is 4.39 Å². The van der Waals surface area contributed by atoms with Crippen LogP contribution in [0.4, 0.5) is 18.9 Å². The average Bonchev–Trinajstić information content (AvgIpc) is 2.82. The van der Waals surface area contributed by atoms with Crippen LogP contribution >= 0.6 is 0 Å². The standard InChI is InChI=1S/C27H32F3N3O3/c1-7-10-18-15-22(32-8-2)20(16-23(18)36-14-13-35-6)25(31-5)33-17-19-11-9-12-21(24(19)28)27(29,30)26(3,4)34/h8-9,11-12,15-16,34H,13-14,17H2,1-6H3,(H,31,33). The number of benzene rings is 2. The molecule has 0 fully saturated rings. The third kappa shape index (κ3) is 6.65. The minimum atomic E-state index is -3.79. The van der Waals surface area contributed by atoms with Crippen molar-refractivity contribution in [2.45, 2.75) is 45.8 Å². The van der Waals surface area contributed by atoms with Crippen LogP contribution in [-0.2, 0) is 17.2 Å². The van der Waals surface area contributed by atoms with Crippen molar-refractivity contribution in [1.82, 2.24) is 5.32 Å². The molecular weight excluding hydrogens is 471 g/mol. The van der Waals surface area contributed by atoms with Crippen LogP contribution < -0.4 is 10.1 Å². The molecule has 6 nitrogen and oxygen atoms in total. The van der Waals surface area contributed by atoms with Crippen LogP contribution in [0.2, 0.25) is 0 Å². The Bertz CT molecular complexity index is 1180. The number of amidine groups is 1. The topological polar surface area (TPSA) is 75.4 Å². The molecule has 0 atom stereocenters. The number of nitrogens with zero attached hydrogens (tertiary/aromatic N) is 2. The third-order valence-corrected chi connectivity index (χ3v) is 5.28. The van der Waals surface area contributed by atoms with E-state index < -0.39 is 22.9 Å². The molecule has 2 rings (SSSR count). The highest BCUT2D eigenvalue weighted by Gasteiger charge is 2.48. The lowest BCUT2D eigenvalue weighted by molar-refractivity contribution is -0.170. The third-order valence-electron chi connectivity index (χ3n) is 5.28. The van der Waals surface area contributed by atoms with E-state index in [9.17, 15) is 13.9 Å². The summed E-state index contributed by atoms with van der Waals surface area (Å²) < 4.78 is 55.3. The fraction of sp³-hybridized carbons (Fsp3) is 0.407. The molecule has 0 aromatic heterocycles. The number of ether oxygens (including phenoxy) is 2. The highest BCUT2D eigenvalue weighted by molar-refractivity contribution is 6.04. The Kier molecular flexibility index (Phi) is 10.1. The second-order valence-electron chi connectivity index (χ2n) is 8.31. The lowest BCUT2D eigenvalue weighted by Crippen LogP contribution is -2.41. The summed E-state index contributed by atoms with van der Waals surface area (Å²) in [7, 11) is 3.11. The average molecular weight is 504 g/mol. The first-order chi connectivity index (χ1) is 17.0. The predicted octanol–water partition coefficient (Wildman–Crippen LogP) is 4.97. The van der Waals surface area contributed by atoms with Crippen molar-refractivity contribution in [3.8, 4) is 17.6 Å². The molecule has 0 saturated heterocycles. The van der Waals surface area contributed by atoms with Gasteiger partial charge < -0.3 is 19.9 Å². The summed E-state index contributed by atoms with van der Waals surface area (Å²) in [6.07, 6.45) is 1.61. The van der Waals surface area contributed by atoms with E-state index in [0.29, 0.717) is 41.6 Å². The molecule has 0 aliphatic rings. The van der Waals surface area contributed by atoms with Crippen LogP contribution in [0.3, 0.4) is 0 Å². The Hall–Kier alpha value is -3.35. The maximum atomic E-state index is 15.1. The van der Waals surface area contributed by atoms with E-state index >= 15 is 4.39 Å². The largest absolute Gasteiger partial charge is 0.490 e. The molecule has 9 heteroatoms. The van der Waals surface area contributed by atoms with E-state index in [0.717, 1.165) is 19.9 Å². The zero-order chi connectivity index (χ0) is 26.9. The number of aliphatic imine (C=N–C) groups is 2. The van der Waals surface area contributed by atoms with Crippen molar-refractivity contribution in [2.75, 3.05) is 27.4 Å². The number of aliphatic hydroxyl groups is 1.